The lowest BCUT2D eigenvalue weighted by atomic mass is 10.1. The third-order valence-electron chi connectivity index (χ3n) is 3.18. The highest BCUT2D eigenvalue weighted by Crippen LogP contribution is 2.23. The summed E-state index contributed by atoms with van der Waals surface area (Å²) in [5, 5.41) is 7.76. The molecule has 0 radical (unpaired) electrons. The van der Waals surface area contributed by atoms with E-state index in [-0.39, 0.29) is 17.7 Å². The largest absolute Gasteiger partial charge is 0.249 e. The topological polar surface area (TPSA) is 68.1 Å². The average Bonchev–Trinajstić information content (AvgIpc) is 2.81. The molecule has 0 N–H and O–H groups in total. The van der Waals surface area contributed by atoms with E-state index in [1.54, 1.807) is 10.5 Å². The molecule has 1 aromatic heterocycles. The van der Waals surface area contributed by atoms with Crippen LogP contribution in [-0.2, 0) is 10.0 Å². The summed E-state index contributed by atoms with van der Waals surface area (Å²) in [6.07, 6.45) is 5.10. The van der Waals surface area contributed by atoms with Crippen LogP contribution in [0.5, 0.6) is 0 Å². The number of sulfonamides is 1. The minimum Gasteiger partial charge on any atom is -0.249 e. The normalized spacial score (nSPS) is 19.5. The first-order valence-electron chi connectivity index (χ1n) is 6.32. The van der Waals surface area contributed by atoms with Crippen molar-refractivity contribution in [1.29, 1.82) is 0 Å². The minimum absolute atomic E-state index is 0.169. The van der Waals surface area contributed by atoms with Gasteiger partial charge in [-0.1, -0.05) is 19.1 Å². The zero-order valence-electron chi connectivity index (χ0n) is 10.9. The Labute approximate surface area is 108 Å². The van der Waals surface area contributed by atoms with Crippen LogP contribution in [0.25, 0.3) is 0 Å². The molecule has 6 nitrogen and oxygen atoms in total. The summed E-state index contributed by atoms with van der Waals surface area (Å²) in [6.45, 7) is 5.03. The Morgan fingerprint density at radius 3 is 2.50 bits per heavy atom. The maximum absolute atomic E-state index is 12.1. The molecule has 7 heteroatoms. The van der Waals surface area contributed by atoms with Crippen molar-refractivity contribution >= 4 is 10.0 Å². The summed E-state index contributed by atoms with van der Waals surface area (Å²) < 4.78 is 27.6. The fourth-order valence-corrected chi connectivity index (χ4v) is 4.14. The monoisotopic (exact) mass is 272 g/mol. The Bertz CT molecular complexity index is 461. The predicted molar refractivity (Wildman–Crippen MR) is 68.5 cm³/mol. The molecule has 2 rings (SSSR count). The molecular formula is C11H20N4O2S. The summed E-state index contributed by atoms with van der Waals surface area (Å²) in [6, 6.07) is 0.276. The van der Waals surface area contributed by atoms with Gasteiger partial charge >= 0.3 is 0 Å². The SMILES string of the molecule is CC(C)CS(=O)(=O)N1CCC(n2ccnn2)CC1. The van der Waals surface area contributed by atoms with E-state index in [4.69, 9.17) is 0 Å². The van der Waals surface area contributed by atoms with E-state index in [0.29, 0.717) is 13.1 Å². The van der Waals surface area contributed by atoms with Crippen LogP contribution in [0.4, 0.5) is 0 Å². The van der Waals surface area contributed by atoms with E-state index in [1.807, 2.05) is 24.7 Å². The zero-order chi connectivity index (χ0) is 13.2. The molecular weight excluding hydrogens is 252 g/mol. The quantitative estimate of drug-likeness (QED) is 0.816. The predicted octanol–water partition coefficient (Wildman–Crippen LogP) is 0.901. The summed E-state index contributed by atoms with van der Waals surface area (Å²) in [7, 11) is -3.09. The van der Waals surface area contributed by atoms with Crippen molar-refractivity contribution in [3.05, 3.63) is 12.4 Å². The second-order valence-electron chi connectivity index (χ2n) is 5.19. The molecule has 0 bridgehead atoms. The van der Waals surface area contributed by atoms with Crippen LogP contribution < -0.4 is 0 Å². The number of hydrogen-bond donors (Lipinski definition) is 0. The van der Waals surface area contributed by atoms with E-state index in [2.05, 4.69) is 10.3 Å². The maximum Gasteiger partial charge on any atom is 0.214 e. The Morgan fingerprint density at radius 2 is 2.00 bits per heavy atom. The molecule has 102 valence electrons. The summed E-state index contributed by atoms with van der Waals surface area (Å²) in [4.78, 5) is 0. The van der Waals surface area contributed by atoms with Gasteiger partial charge < -0.3 is 0 Å². The first-order chi connectivity index (χ1) is 8.49. The standard InChI is InChI=1S/C11H20N4O2S/c1-10(2)9-18(16,17)14-6-3-11(4-7-14)15-8-5-12-13-15/h5,8,10-11H,3-4,6-7,9H2,1-2H3. The lowest BCUT2D eigenvalue weighted by Gasteiger charge is -2.31. The van der Waals surface area contributed by atoms with Crippen molar-refractivity contribution in [3.8, 4) is 0 Å². The first-order valence-corrected chi connectivity index (χ1v) is 7.93. The number of hydrogen-bond acceptors (Lipinski definition) is 4. The van der Waals surface area contributed by atoms with Crippen LogP contribution in [-0.4, -0.2) is 46.6 Å². The first kappa shape index (κ1) is 13.5. The highest BCUT2D eigenvalue weighted by molar-refractivity contribution is 7.89. The highest BCUT2D eigenvalue weighted by atomic mass is 32.2. The van der Waals surface area contributed by atoms with Gasteiger partial charge in [0.15, 0.2) is 0 Å². The highest BCUT2D eigenvalue weighted by Gasteiger charge is 2.29. The van der Waals surface area contributed by atoms with Gasteiger partial charge in [0.25, 0.3) is 0 Å². The molecule has 1 aliphatic heterocycles. The van der Waals surface area contributed by atoms with Gasteiger partial charge in [-0.15, -0.1) is 5.10 Å². The number of aromatic nitrogens is 3. The van der Waals surface area contributed by atoms with Crippen LogP contribution in [0.3, 0.4) is 0 Å². The second kappa shape index (κ2) is 5.36. The molecule has 0 aliphatic carbocycles. The van der Waals surface area contributed by atoms with Crippen LogP contribution in [0.1, 0.15) is 32.7 Å². The Balaban J connectivity index is 1.94. The zero-order valence-corrected chi connectivity index (χ0v) is 11.7. The molecule has 1 saturated heterocycles. The Morgan fingerprint density at radius 1 is 1.33 bits per heavy atom. The van der Waals surface area contributed by atoms with E-state index in [1.165, 1.54) is 0 Å². The van der Waals surface area contributed by atoms with Crippen LogP contribution >= 0.6 is 0 Å². The van der Waals surface area contributed by atoms with Crippen molar-refractivity contribution in [2.45, 2.75) is 32.7 Å². The van der Waals surface area contributed by atoms with E-state index in [9.17, 15) is 8.42 Å². The van der Waals surface area contributed by atoms with Crippen molar-refractivity contribution in [1.82, 2.24) is 19.3 Å². The Hall–Kier alpha value is -0.950. The smallest absolute Gasteiger partial charge is 0.214 e. The molecule has 0 spiro atoms. The minimum atomic E-state index is -3.09. The molecule has 1 fully saturated rings. The van der Waals surface area contributed by atoms with Crippen LogP contribution in [0, 0.1) is 5.92 Å². The van der Waals surface area contributed by atoms with Gasteiger partial charge in [0.2, 0.25) is 10.0 Å². The Kier molecular flexibility index (Phi) is 4.01. The van der Waals surface area contributed by atoms with Crippen LogP contribution in [0.2, 0.25) is 0 Å². The molecule has 2 heterocycles. The van der Waals surface area contributed by atoms with Crippen molar-refractivity contribution in [2.75, 3.05) is 18.8 Å². The number of nitrogens with zero attached hydrogens (tertiary/aromatic N) is 4. The molecule has 0 atom stereocenters. The van der Waals surface area contributed by atoms with Gasteiger partial charge in [0.05, 0.1) is 18.0 Å². The van der Waals surface area contributed by atoms with Crippen molar-refractivity contribution in [2.24, 2.45) is 5.92 Å². The molecule has 0 unspecified atom stereocenters. The third-order valence-corrected chi connectivity index (χ3v) is 5.42. The molecule has 1 aliphatic rings. The van der Waals surface area contributed by atoms with Crippen molar-refractivity contribution in [3.63, 3.8) is 0 Å². The van der Waals surface area contributed by atoms with Gasteiger partial charge in [-0.05, 0) is 18.8 Å². The molecule has 1 aromatic rings. The van der Waals surface area contributed by atoms with E-state index >= 15 is 0 Å². The van der Waals surface area contributed by atoms with E-state index < -0.39 is 10.0 Å². The molecule has 18 heavy (non-hydrogen) atoms. The van der Waals surface area contributed by atoms with Crippen molar-refractivity contribution < 1.29 is 8.42 Å². The summed E-state index contributed by atoms with van der Waals surface area (Å²) >= 11 is 0. The second-order valence-corrected chi connectivity index (χ2v) is 7.20. The fourth-order valence-electron chi connectivity index (χ4n) is 2.32. The molecule has 0 aromatic carbocycles. The summed E-state index contributed by atoms with van der Waals surface area (Å²) in [5.41, 5.74) is 0. The number of piperidine rings is 1. The van der Waals surface area contributed by atoms with Gasteiger partial charge in [-0.2, -0.15) is 0 Å². The maximum atomic E-state index is 12.1. The lowest BCUT2D eigenvalue weighted by Crippen LogP contribution is -2.41. The van der Waals surface area contributed by atoms with Gasteiger partial charge in [0.1, 0.15) is 0 Å². The third kappa shape index (κ3) is 3.08. The number of rotatable bonds is 4. The fraction of sp³-hybridized carbons (Fsp3) is 0.818. The van der Waals surface area contributed by atoms with E-state index in [0.717, 1.165) is 12.8 Å². The molecule has 0 amide bonds. The lowest BCUT2D eigenvalue weighted by molar-refractivity contribution is 0.258. The van der Waals surface area contributed by atoms with Gasteiger partial charge in [-0.3, -0.25) is 0 Å². The van der Waals surface area contributed by atoms with Crippen LogP contribution in [0.15, 0.2) is 12.4 Å². The average molecular weight is 272 g/mol. The van der Waals surface area contributed by atoms with Gasteiger partial charge in [0, 0.05) is 19.3 Å². The summed E-state index contributed by atoms with van der Waals surface area (Å²) in [5.74, 6) is 0.407. The van der Waals surface area contributed by atoms with Gasteiger partial charge in [-0.25, -0.2) is 17.4 Å². The molecule has 0 saturated carbocycles.